The largest absolute Gasteiger partial charge is 0.380 e. The molecular formula is C17H30IN3O. The molecule has 5 heteroatoms. The van der Waals surface area contributed by atoms with Gasteiger partial charge in [-0.05, 0) is 18.9 Å². The molecule has 22 heavy (non-hydrogen) atoms. The van der Waals surface area contributed by atoms with Gasteiger partial charge in [0, 0.05) is 33.8 Å². The monoisotopic (exact) mass is 419 g/mol. The molecule has 1 aromatic rings. The Bertz CT molecular complexity index is 420. The van der Waals surface area contributed by atoms with Crippen LogP contribution >= 0.6 is 24.0 Å². The predicted octanol–water partition coefficient (Wildman–Crippen LogP) is 3.44. The summed E-state index contributed by atoms with van der Waals surface area (Å²) in [5.74, 6) is 0.898. The molecule has 0 atom stereocenters. The van der Waals surface area contributed by atoms with Gasteiger partial charge in [-0.3, -0.25) is 4.99 Å². The molecular weight excluding hydrogens is 389 g/mol. The third-order valence-electron chi connectivity index (χ3n) is 3.29. The molecule has 0 radical (unpaired) electrons. The molecule has 1 N–H and O–H groups in total. The molecule has 0 aromatic heterocycles. The van der Waals surface area contributed by atoms with Crippen molar-refractivity contribution in [2.45, 2.75) is 33.2 Å². The maximum atomic E-state index is 5.54. The summed E-state index contributed by atoms with van der Waals surface area (Å²) in [4.78, 5) is 6.43. The van der Waals surface area contributed by atoms with Crippen molar-refractivity contribution in [1.29, 1.82) is 0 Å². The summed E-state index contributed by atoms with van der Waals surface area (Å²) in [7, 11) is 3.86. The van der Waals surface area contributed by atoms with Crippen LogP contribution in [0.15, 0.2) is 29.3 Å². The van der Waals surface area contributed by atoms with Gasteiger partial charge in [-0.15, -0.1) is 24.0 Å². The molecule has 0 fully saturated rings. The first-order chi connectivity index (χ1) is 10.2. The van der Waals surface area contributed by atoms with E-state index in [1.165, 1.54) is 17.5 Å². The van der Waals surface area contributed by atoms with Crippen LogP contribution < -0.4 is 5.32 Å². The Labute approximate surface area is 152 Å². The second kappa shape index (κ2) is 12.7. The zero-order chi connectivity index (χ0) is 15.5. The van der Waals surface area contributed by atoms with Gasteiger partial charge in [-0.2, -0.15) is 0 Å². The SMILES string of the molecule is CCCCOCCNC(=NC)N(C)Cc1ccc(C)cc1.I. The number of ether oxygens (including phenoxy) is 1. The van der Waals surface area contributed by atoms with E-state index in [2.05, 4.69) is 53.3 Å². The molecule has 0 aliphatic carbocycles. The van der Waals surface area contributed by atoms with E-state index >= 15 is 0 Å². The average Bonchev–Trinajstić information content (AvgIpc) is 2.49. The lowest BCUT2D eigenvalue weighted by Crippen LogP contribution is -2.39. The highest BCUT2D eigenvalue weighted by atomic mass is 127. The van der Waals surface area contributed by atoms with Crippen LogP contribution in [-0.4, -0.2) is 44.7 Å². The second-order valence-corrected chi connectivity index (χ2v) is 5.28. The van der Waals surface area contributed by atoms with Crippen molar-refractivity contribution in [3.63, 3.8) is 0 Å². The summed E-state index contributed by atoms with van der Waals surface area (Å²) in [5, 5.41) is 3.33. The van der Waals surface area contributed by atoms with E-state index in [0.29, 0.717) is 0 Å². The normalized spacial score (nSPS) is 11.0. The number of guanidine groups is 1. The molecule has 0 bridgehead atoms. The molecule has 0 unspecified atom stereocenters. The molecule has 0 heterocycles. The number of halogens is 1. The second-order valence-electron chi connectivity index (χ2n) is 5.28. The van der Waals surface area contributed by atoms with Gasteiger partial charge in [0.15, 0.2) is 5.96 Å². The molecule has 1 rings (SSSR count). The summed E-state index contributed by atoms with van der Waals surface area (Å²) in [6.07, 6.45) is 2.30. The van der Waals surface area contributed by atoms with Gasteiger partial charge < -0.3 is 15.0 Å². The summed E-state index contributed by atoms with van der Waals surface area (Å²) in [5.41, 5.74) is 2.57. The van der Waals surface area contributed by atoms with Crippen LogP contribution in [0.25, 0.3) is 0 Å². The first-order valence-corrected chi connectivity index (χ1v) is 7.72. The minimum absolute atomic E-state index is 0. The Balaban J connectivity index is 0.00000441. The maximum Gasteiger partial charge on any atom is 0.193 e. The van der Waals surface area contributed by atoms with Gasteiger partial charge in [0.05, 0.1) is 6.61 Å². The average molecular weight is 419 g/mol. The van der Waals surface area contributed by atoms with Gasteiger partial charge in [0.1, 0.15) is 0 Å². The van der Waals surface area contributed by atoms with E-state index in [9.17, 15) is 0 Å². The lowest BCUT2D eigenvalue weighted by molar-refractivity contribution is 0.135. The number of benzene rings is 1. The smallest absolute Gasteiger partial charge is 0.193 e. The predicted molar refractivity (Wildman–Crippen MR) is 105 cm³/mol. The molecule has 0 aliphatic heterocycles. The topological polar surface area (TPSA) is 36.9 Å². The molecule has 0 saturated heterocycles. The van der Waals surface area contributed by atoms with E-state index in [4.69, 9.17) is 4.74 Å². The summed E-state index contributed by atoms with van der Waals surface area (Å²) in [6.45, 7) is 7.47. The fraction of sp³-hybridized carbons (Fsp3) is 0.588. The number of rotatable bonds is 8. The molecule has 1 aromatic carbocycles. The van der Waals surface area contributed by atoms with E-state index in [1.54, 1.807) is 0 Å². The molecule has 4 nitrogen and oxygen atoms in total. The van der Waals surface area contributed by atoms with Crippen molar-refractivity contribution >= 4 is 29.9 Å². The van der Waals surface area contributed by atoms with Gasteiger partial charge in [-0.25, -0.2) is 0 Å². The minimum atomic E-state index is 0. The fourth-order valence-corrected chi connectivity index (χ4v) is 2.01. The van der Waals surface area contributed by atoms with Crippen LogP contribution in [0.4, 0.5) is 0 Å². The first kappa shape index (κ1) is 21.2. The zero-order valence-electron chi connectivity index (χ0n) is 14.3. The van der Waals surface area contributed by atoms with E-state index in [0.717, 1.165) is 38.7 Å². The Morgan fingerprint density at radius 2 is 1.91 bits per heavy atom. The summed E-state index contributed by atoms with van der Waals surface area (Å²) >= 11 is 0. The minimum Gasteiger partial charge on any atom is -0.380 e. The Morgan fingerprint density at radius 1 is 1.23 bits per heavy atom. The van der Waals surface area contributed by atoms with Crippen LogP contribution in [0.2, 0.25) is 0 Å². The number of nitrogens with one attached hydrogen (secondary N) is 1. The zero-order valence-corrected chi connectivity index (χ0v) is 16.6. The Morgan fingerprint density at radius 3 is 2.50 bits per heavy atom. The van der Waals surface area contributed by atoms with Crippen LogP contribution in [0.5, 0.6) is 0 Å². The highest BCUT2D eigenvalue weighted by Crippen LogP contribution is 2.05. The van der Waals surface area contributed by atoms with Crippen molar-refractivity contribution < 1.29 is 4.74 Å². The Kier molecular flexibility index (Phi) is 12.2. The molecule has 126 valence electrons. The first-order valence-electron chi connectivity index (χ1n) is 7.72. The quantitative estimate of drug-likeness (QED) is 0.304. The summed E-state index contributed by atoms with van der Waals surface area (Å²) < 4.78 is 5.54. The van der Waals surface area contributed by atoms with Gasteiger partial charge in [0.2, 0.25) is 0 Å². The standard InChI is InChI=1S/C17H29N3O.HI/c1-5-6-12-21-13-11-19-17(18-3)20(4)14-16-9-7-15(2)8-10-16;/h7-10H,5-6,11-14H2,1-4H3,(H,18,19);1H. The number of hydrogen-bond donors (Lipinski definition) is 1. The van der Waals surface area contributed by atoms with Crippen molar-refractivity contribution in [3.8, 4) is 0 Å². The van der Waals surface area contributed by atoms with Crippen molar-refractivity contribution in [3.05, 3.63) is 35.4 Å². The number of hydrogen-bond acceptors (Lipinski definition) is 2. The highest BCUT2D eigenvalue weighted by molar-refractivity contribution is 14.0. The Hall–Kier alpha value is -0.820. The lowest BCUT2D eigenvalue weighted by Gasteiger charge is -2.22. The fourth-order valence-electron chi connectivity index (χ4n) is 2.01. The number of aryl methyl sites for hydroxylation is 1. The van der Waals surface area contributed by atoms with Crippen LogP contribution in [0, 0.1) is 6.92 Å². The van der Waals surface area contributed by atoms with Crippen LogP contribution in [0.3, 0.4) is 0 Å². The van der Waals surface area contributed by atoms with Crippen molar-refractivity contribution in [1.82, 2.24) is 10.2 Å². The van der Waals surface area contributed by atoms with Gasteiger partial charge >= 0.3 is 0 Å². The third-order valence-corrected chi connectivity index (χ3v) is 3.29. The van der Waals surface area contributed by atoms with Gasteiger partial charge in [0.25, 0.3) is 0 Å². The van der Waals surface area contributed by atoms with E-state index < -0.39 is 0 Å². The number of unbranched alkanes of at least 4 members (excludes halogenated alkanes) is 1. The highest BCUT2D eigenvalue weighted by Gasteiger charge is 2.05. The molecule has 0 amide bonds. The van der Waals surface area contributed by atoms with Crippen LogP contribution in [0.1, 0.15) is 30.9 Å². The maximum absolute atomic E-state index is 5.54. The van der Waals surface area contributed by atoms with Crippen molar-refractivity contribution in [2.75, 3.05) is 33.9 Å². The molecule has 0 spiro atoms. The molecule has 0 saturated carbocycles. The molecule has 0 aliphatic rings. The van der Waals surface area contributed by atoms with Gasteiger partial charge in [-0.1, -0.05) is 43.2 Å². The van der Waals surface area contributed by atoms with Crippen molar-refractivity contribution in [2.24, 2.45) is 4.99 Å². The van der Waals surface area contributed by atoms with Crippen LogP contribution in [-0.2, 0) is 11.3 Å². The van der Waals surface area contributed by atoms with E-state index in [1.807, 2.05) is 14.1 Å². The number of nitrogens with zero attached hydrogens (tertiary/aromatic N) is 2. The summed E-state index contributed by atoms with van der Waals surface area (Å²) in [6, 6.07) is 8.60. The number of aliphatic imine (C=N–C) groups is 1. The van der Waals surface area contributed by atoms with E-state index in [-0.39, 0.29) is 24.0 Å². The lowest BCUT2D eigenvalue weighted by atomic mass is 10.1. The third kappa shape index (κ3) is 8.58.